The Balaban J connectivity index is 0.000000120. The van der Waals surface area contributed by atoms with Gasteiger partial charge in [-0.2, -0.15) is 0 Å². The fraction of sp³-hybridized carbons (Fsp3) is 0. The Kier molecular flexibility index (Phi) is 3.05. The molecule has 58 valence electrons. The highest BCUT2D eigenvalue weighted by molar-refractivity contribution is 7.78. The Labute approximate surface area is 73.8 Å². The number of isocyanates is 1. The molecule has 0 spiro atoms. The third-order valence-electron chi connectivity index (χ3n) is 1.35. The van der Waals surface area contributed by atoms with E-state index in [1.165, 1.54) is 10.4 Å². The normalized spacial score (nSPS) is 8.00. The smallest absolute Gasteiger partial charge is 0.209 e. The molecule has 0 saturated carbocycles. The zero-order chi connectivity index (χ0) is 8.81. The summed E-state index contributed by atoms with van der Waals surface area (Å²) >= 11 is 4.03. The minimum Gasteiger partial charge on any atom is -0.209 e. The number of benzene rings is 1. The number of isothiocyanates is 1. The topological polar surface area (TPSA) is 41.8 Å². The zero-order valence-electron chi connectivity index (χ0n) is 6.02. The predicted octanol–water partition coefficient (Wildman–Crippen LogP) is 1.63. The lowest BCUT2D eigenvalue weighted by Gasteiger charge is -1.95. The standard InChI is InChI=1S/C6H4.C2N2OS/c1-2-6-4-3-5(1)6;5-1-3-4-2-6/h1-4H;. The van der Waals surface area contributed by atoms with Crippen molar-refractivity contribution in [3.8, 4) is 0 Å². The first kappa shape index (κ1) is 8.50. The van der Waals surface area contributed by atoms with Gasteiger partial charge in [0.2, 0.25) is 0 Å². The molecule has 2 aliphatic carbocycles. The van der Waals surface area contributed by atoms with E-state index in [9.17, 15) is 0 Å². The first-order valence-corrected chi connectivity index (χ1v) is 3.54. The van der Waals surface area contributed by atoms with E-state index in [2.05, 4.69) is 46.7 Å². The summed E-state index contributed by atoms with van der Waals surface area (Å²) in [5.74, 6) is 0. The van der Waals surface area contributed by atoms with Crippen LogP contribution < -0.4 is 0 Å². The lowest BCUT2D eigenvalue weighted by atomic mass is 10.1. The van der Waals surface area contributed by atoms with Crippen LogP contribution in [0.3, 0.4) is 0 Å². The van der Waals surface area contributed by atoms with Crippen molar-refractivity contribution < 1.29 is 4.79 Å². The van der Waals surface area contributed by atoms with Gasteiger partial charge in [0, 0.05) is 0 Å². The van der Waals surface area contributed by atoms with Crippen molar-refractivity contribution in [2.24, 2.45) is 10.2 Å². The van der Waals surface area contributed by atoms with Crippen molar-refractivity contribution in [1.29, 1.82) is 0 Å². The van der Waals surface area contributed by atoms with Crippen molar-refractivity contribution in [1.82, 2.24) is 0 Å². The third kappa shape index (κ3) is 1.94. The first-order valence-electron chi connectivity index (χ1n) is 3.13. The summed E-state index contributed by atoms with van der Waals surface area (Å²) in [7, 11) is 0. The van der Waals surface area contributed by atoms with Crippen LogP contribution in [0.15, 0.2) is 34.5 Å². The van der Waals surface area contributed by atoms with E-state index >= 15 is 0 Å². The lowest BCUT2D eigenvalue weighted by molar-refractivity contribution is 0.563. The van der Waals surface area contributed by atoms with Gasteiger partial charge in [0.05, 0.1) is 5.16 Å². The zero-order valence-corrected chi connectivity index (χ0v) is 6.84. The molecule has 0 radical (unpaired) electrons. The van der Waals surface area contributed by atoms with Gasteiger partial charge in [-0.3, -0.25) is 0 Å². The van der Waals surface area contributed by atoms with Gasteiger partial charge in [-0.15, -0.1) is 0 Å². The van der Waals surface area contributed by atoms with Gasteiger partial charge in [-0.1, -0.05) is 34.5 Å². The SMILES string of the molecule is O=C=NN=C=S.c1cc2ccc1=2. The first-order chi connectivity index (χ1) is 5.88. The van der Waals surface area contributed by atoms with Crippen LogP contribution in [0.1, 0.15) is 0 Å². The number of nitrogens with zero attached hydrogens (tertiary/aromatic N) is 2. The average Bonchev–Trinajstić information content (AvgIpc) is 2.09. The van der Waals surface area contributed by atoms with Crippen molar-refractivity contribution in [3.63, 3.8) is 0 Å². The summed E-state index contributed by atoms with van der Waals surface area (Å²) in [6.07, 6.45) is 1.15. The van der Waals surface area contributed by atoms with Crippen molar-refractivity contribution in [3.05, 3.63) is 34.7 Å². The molecule has 2 rings (SSSR count). The molecule has 4 heteroatoms. The molecule has 0 aromatic carbocycles. The second kappa shape index (κ2) is 4.31. The Morgan fingerprint density at radius 2 is 1.58 bits per heavy atom. The van der Waals surface area contributed by atoms with E-state index in [1.54, 1.807) is 0 Å². The van der Waals surface area contributed by atoms with Gasteiger partial charge >= 0.3 is 0 Å². The fourth-order valence-corrected chi connectivity index (χ4v) is 0.744. The molecule has 0 bridgehead atoms. The summed E-state index contributed by atoms with van der Waals surface area (Å²) in [5.41, 5.74) is 0. The largest absolute Gasteiger partial charge is 0.261 e. The minimum atomic E-state index is 1.15. The maximum absolute atomic E-state index is 9.09. The molecule has 0 N–H and O–H groups in total. The monoisotopic (exact) mass is 176 g/mol. The molecule has 0 fully saturated rings. The van der Waals surface area contributed by atoms with Gasteiger partial charge < -0.3 is 0 Å². The highest BCUT2D eigenvalue weighted by atomic mass is 32.1. The van der Waals surface area contributed by atoms with E-state index in [4.69, 9.17) is 4.79 Å². The Bertz CT molecular complexity index is 390. The molecule has 0 saturated heterocycles. The number of hydrogen-bond acceptors (Lipinski definition) is 4. The van der Waals surface area contributed by atoms with E-state index in [0.29, 0.717) is 0 Å². The van der Waals surface area contributed by atoms with E-state index in [1.807, 2.05) is 5.16 Å². The molecule has 0 amide bonds. The van der Waals surface area contributed by atoms with E-state index in [-0.39, 0.29) is 0 Å². The van der Waals surface area contributed by atoms with Gasteiger partial charge in [0.15, 0.2) is 0 Å². The summed E-state index contributed by atoms with van der Waals surface area (Å²) in [5, 5.41) is 10.3. The van der Waals surface area contributed by atoms with Crippen LogP contribution in [0.4, 0.5) is 0 Å². The highest BCUT2D eigenvalue weighted by Crippen LogP contribution is 2.04. The quantitative estimate of drug-likeness (QED) is 0.287. The van der Waals surface area contributed by atoms with E-state index < -0.39 is 0 Å². The fourth-order valence-electron chi connectivity index (χ4n) is 0.704. The summed E-state index contributed by atoms with van der Waals surface area (Å²) in [6.45, 7) is 0. The molecule has 3 nitrogen and oxygen atoms in total. The van der Waals surface area contributed by atoms with E-state index in [0.717, 1.165) is 6.08 Å². The maximum Gasteiger partial charge on any atom is 0.261 e. The third-order valence-corrected chi connectivity index (χ3v) is 1.43. The Morgan fingerprint density at radius 3 is 1.67 bits per heavy atom. The molecule has 0 aromatic rings. The number of carbonyl (C=O) groups excluding carboxylic acids is 1. The summed E-state index contributed by atoms with van der Waals surface area (Å²) in [4.78, 5) is 9.09. The molecule has 2 aliphatic rings. The van der Waals surface area contributed by atoms with Crippen molar-refractivity contribution in [2.45, 2.75) is 0 Å². The second-order valence-corrected chi connectivity index (χ2v) is 2.14. The number of rotatable bonds is 1. The van der Waals surface area contributed by atoms with Gasteiger partial charge in [0.1, 0.15) is 0 Å². The Hall–Kier alpha value is -1.60. The van der Waals surface area contributed by atoms with Crippen molar-refractivity contribution in [2.75, 3.05) is 0 Å². The van der Waals surface area contributed by atoms with Crippen LogP contribution in [-0.4, -0.2) is 11.2 Å². The Morgan fingerprint density at radius 1 is 1.08 bits per heavy atom. The molecule has 0 aromatic heterocycles. The van der Waals surface area contributed by atoms with Crippen LogP contribution in [0.2, 0.25) is 0 Å². The van der Waals surface area contributed by atoms with Crippen LogP contribution >= 0.6 is 12.2 Å². The molecular weight excluding hydrogens is 172 g/mol. The lowest BCUT2D eigenvalue weighted by Crippen LogP contribution is -1.80. The van der Waals surface area contributed by atoms with Crippen LogP contribution in [0.5, 0.6) is 0 Å². The number of thiocarbonyl (C=S) groups is 1. The number of hydrogen-bond donors (Lipinski definition) is 0. The van der Waals surface area contributed by atoms with Crippen molar-refractivity contribution >= 4 is 23.5 Å². The molecule has 0 heterocycles. The second-order valence-electron chi connectivity index (χ2n) is 1.96. The summed E-state index contributed by atoms with van der Waals surface area (Å²) < 4.78 is 0. The van der Waals surface area contributed by atoms with Gasteiger partial charge in [-0.25, -0.2) is 4.79 Å². The predicted molar refractivity (Wildman–Crippen MR) is 47.3 cm³/mol. The molecule has 0 aliphatic heterocycles. The molecular formula is C8H4N2OS. The highest BCUT2D eigenvalue weighted by Gasteiger charge is 1.88. The van der Waals surface area contributed by atoms with Crippen LogP contribution in [0.25, 0.3) is 0 Å². The molecule has 0 unspecified atom stereocenters. The average molecular weight is 176 g/mol. The minimum absolute atomic E-state index is 1.15. The summed E-state index contributed by atoms with van der Waals surface area (Å²) in [6, 6.07) is 8.48. The van der Waals surface area contributed by atoms with Crippen LogP contribution in [0, 0.1) is 10.4 Å². The molecule has 0 atom stereocenters. The van der Waals surface area contributed by atoms with Gasteiger partial charge in [0.25, 0.3) is 6.08 Å². The van der Waals surface area contributed by atoms with Gasteiger partial charge in [-0.05, 0) is 22.7 Å². The van der Waals surface area contributed by atoms with Crippen LogP contribution in [-0.2, 0) is 4.79 Å². The molecule has 12 heavy (non-hydrogen) atoms. The maximum atomic E-state index is 9.09.